The molecule has 0 saturated carbocycles. The minimum atomic E-state index is -0.686. The number of benzene rings is 4. The van der Waals surface area contributed by atoms with Crippen LogP contribution in [0.1, 0.15) is 56.9 Å². The summed E-state index contributed by atoms with van der Waals surface area (Å²) >= 11 is 0. The Labute approximate surface area is 233 Å². The van der Waals surface area contributed by atoms with Crippen LogP contribution >= 0.6 is 0 Å². The van der Waals surface area contributed by atoms with E-state index in [1.807, 2.05) is 0 Å². The van der Waals surface area contributed by atoms with Crippen LogP contribution < -0.4 is 18.9 Å². The molecule has 4 aromatic carbocycles. The number of ether oxygens (including phenoxy) is 4. The summed E-state index contributed by atoms with van der Waals surface area (Å²) < 4.78 is 23.0. The van der Waals surface area contributed by atoms with Crippen LogP contribution in [0.5, 0.6) is 51.7 Å². The summed E-state index contributed by atoms with van der Waals surface area (Å²) in [7, 11) is 1.44. The molecule has 2 atom stereocenters. The summed E-state index contributed by atoms with van der Waals surface area (Å²) in [6, 6.07) is 16.6. The number of hydrogen-bond donors (Lipinski definition) is 4. The van der Waals surface area contributed by atoms with Crippen LogP contribution in [0.25, 0.3) is 0 Å². The van der Waals surface area contributed by atoms with E-state index in [9.17, 15) is 30.0 Å². The molecule has 41 heavy (non-hydrogen) atoms. The van der Waals surface area contributed by atoms with Crippen molar-refractivity contribution < 1.29 is 49.0 Å². The highest BCUT2D eigenvalue weighted by Gasteiger charge is 2.32. The minimum Gasteiger partial charge on any atom is -0.508 e. The number of rotatable bonds is 5. The number of phenols is 4. The van der Waals surface area contributed by atoms with Gasteiger partial charge in [0.1, 0.15) is 63.6 Å². The Morgan fingerprint density at radius 2 is 1.24 bits per heavy atom. The molecule has 0 aromatic heterocycles. The van der Waals surface area contributed by atoms with E-state index < -0.39 is 12.2 Å². The standard InChI is InChI=1S/C31H24O10/c1-38-19-11-22(35)31-24(37)14-26(41-29(31)12-19)16-4-7-20(33)27(8-16)39-18-5-2-15(3-6-18)25-13-23(36)30-21(34)9-17(32)10-28(30)40-25/h2-12,25-26,32-35H,13-14H2,1H3/t25-,26+/m1/s1. The number of hydrogen-bond acceptors (Lipinski definition) is 10. The van der Waals surface area contributed by atoms with Gasteiger partial charge in [0.2, 0.25) is 0 Å². The summed E-state index contributed by atoms with van der Waals surface area (Å²) in [4.78, 5) is 25.4. The van der Waals surface area contributed by atoms with Gasteiger partial charge in [-0.25, -0.2) is 0 Å². The Morgan fingerprint density at radius 1 is 0.659 bits per heavy atom. The maximum Gasteiger partial charge on any atom is 0.174 e. The number of phenolic OH excluding ortho intramolecular Hbond substituents is 4. The Kier molecular flexibility index (Phi) is 6.30. The molecule has 6 rings (SSSR count). The number of fused-ring (bicyclic) bond motifs is 2. The van der Waals surface area contributed by atoms with Crippen molar-refractivity contribution in [2.45, 2.75) is 25.0 Å². The van der Waals surface area contributed by atoms with Crippen LogP contribution in [-0.2, 0) is 0 Å². The molecule has 4 aromatic rings. The lowest BCUT2D eigenvalue weighted by atomic mass is 9.95. The van der Waals surface area contributed by atoms with E-state index >= 15 is 0 Å². The van der Waals surface area contributed by atoms with Gasteiger partial charge in [0.15, 0.2) is 23.1 Å². The van der Waals surface area contributed by atoms with Crippen molar-refractivity contribution in [3.8, 4) is 51.7 Å². The SMILES string of the molecule is COc1cc(O)c2c(c1)O[C@H](c1ccc(O)c(Oc3ccc([C@H]4CC(=O)c5c(O)cc(O)cc5O4)cc3)c1)CC2=O. The number of methoxy groups -OCH3 is 1. The first kappa shape index (κ1) is 25.9. The van der Waals surface area contributed by atoms with Crippen molar-refractivity contribution in [1.29, 1.82) is 0 Å². The maximum atomic E-state index is 12.8. The second-order valence-corrected chi connectivity index (χ2v) is 9.72. The number of ketones is 2. The number of Topliss-reactive ketones (excluding diaryl/α,β-unsaturated/α-hetero) is 2. The Bertz CT molecular complexity index is 1690. The molecule has 0 bridgehead atoms. The van der Waals surface area contributed by atoms with Crippen LogP contribution in [-0.4, -0.2) is 39.1 Å². The lowest BCUT2D eigenvalue weighted by Gasteiger charge is -2.27. The van der Waals surface area contributed by atoms with Crippen molar-refractivity contribution in [3.05, 3.63) is 89.0 Å². The highest BCUT2D eigenvalue weighted by atomic mass is 16.5. The molecule has 2 aliphatic heterocycles. The topological polar surface area (TPSA) is 152 Å². The van der Waals surface area contributed by atoms with Crippen molar-refractivity contribution in [3.63, 3.8) is 0 Å². The van der Waals surface area contributed by atoms with Crippen molar-refractivity contribution >= 4 is 11.6 Å². The van der Waals surface area contributed by atoms with Crippen molar-refractivity contribution in [2.75, 3.05) is 7.11 Å². The highest BCUT2D eigenvalue weighted by Crippen LogP contribution is 2.44. The van der Waals surface area contributed by atoms with E-state index in [0.717, 1.165) is 6.07 Å². The van der Waals surface area contributed by atoms with Crippen LogP contribution in [0.15, 0.2) is 66.7 Å². The van der Waals surface area contributed by atoms with Crippen molar-refractivity contribution in [1.82, 2.24) is 0 Å². The molecule has 10 heteroatoms. The summed E-state index contributed by atoms with van der Waals surface area (Å²) in [6.07, 6.45) is -1.34. The Morgan fingerprint density at radius 3 is 1.90 bits per heavy atom. The molecule has 0 unspecified atom stereocenters. The van der Waals surface area contributed by atoms with Gasteiger partial charge in [0.05, 0.1) is 20.0 Å². The molecule has 2 heterocycles. The Balaban J connectivity index is 1.20. The van der Waals surface area contributed by atoms with Gasteiger partial charge in [-0.3, -0.25) is 9.59 Å². The van der Waals surface area contributed by atoms with Crippen LogP contribution in [0.2, 0.25) is 0 Å². The van der Waals surface area contributed by atoms with Gasteiger partial charge in [0.25, 0.3) is 0 Å². The fraction of sp³-hybridized carbons (Fsp3) is 0.161. The van der Waals surface area contributed by atoms with Gasteiger partial charge in [-0.05, 0) is 35.4 Å². The summed E-state index contributed by atoms with van der Waals surface area (Å²) in [6.45, 7) is 0. The van der Waals surface area contributed by atoms with E-state index in [0.29, 0.717) is 22.6 Å². The number of carbonyl (C=O) groups is 2. The van der Waals surface area contributed by atoms with Crippen LogP contribution in [0.3, 0.4) is 0 Å². The summed E-state index contributed by atoms with van der Waals surface area (Å²) in [5.74, 6) is -0.331. The molecule has 0 fully saturated rings. The van der Waals surface area contributed by atoms with E-state index in [4.69, 9.17) is 18.9 Å². The molecule has 0 amide bonds. The molecule has 10 nitrogen and oxygen atoms in total. The molecule has 0 saturated heterocycles. The fourth-order valence-corrected chi connectivity index (χ4v) is 5.02. The van der Waals surface area contributed by atoms with Crippen molar-refractivity contribution in [2.24, 2.45) is 0 Å². The third-order valence-electron chi connectivity index (χ3n) is 7.03. The third-order valence-corrected chi connectivity index (χ3v) is 7.03. The summed E-state index contributed by atoms with van der Waals surface area (Å²) in [5.41, 5.74) is 1.38. The Hall–Kier alpha value is -5.38. The zero-order chi connectivity index (χ0) is 28.8. The van der Waals surface area contributed by atoms with E-state index in [2.05, 4.69) is 0 Å². The molecule has 0 aliphatic carbocycles. The monoisotopic (exact) mass is 556 g/mol. The predicted molar refractivity (Wildman–Crippen MR) is 144 cm³/mol. The molecule has 208 valence electrons. The zero-order valence-electron chi connectivity index (χ0n) is 21.7. The first-order valence-corrected chi connectivity index (χ1v) is 12.7. The molecule has 4 N–H and O–H groups in total. The smallest absolute Gasteiger partial charge is 0.174 e. The molecular formula is C31H24O10. The molecule has 2 aliphatic rings. The van der Waals surface area contributed by atoms with Gasteiger partial charge < -0.3 is 39.4 Å². The lowest BCUT2D eigenvalue weighted by molar-refractivity contribution is 0.0834. The minimum absolute atomic E-state index is 0.00125. The number of carbonyl (C=O) groups excluding carboxylic acids is 2. The van der Waals surface area contributed by atoms with Crippen LogP contribution in [0.4, 0.5) is 0 Å². The van der Waals surface area contributed by atoms with Gasteiger partial charge in [-0.2, -0.15) is 0 Å². The molecular weight excluding hydrogens is 532 g/mol. The second kappa shape index (κ2) is 9.98. The van der Waals surface area contributed by atoms with E-state index in [1.54, 1.807) is 36.4 Å². The van der Waals surface area contributed by atoms with E-state index in [1.165, 1.54) is 31.4 Å². The molecule has 0 radical (unpaired) electrons. The second-order valence-electron chi connectivity index (χ2n) is 9.72. The van der Waals surface area contributed by atoms with Crippen LogP contribution in [0, 0.1) is 0 Å². The largest absolute Gasteiger partial charge is 0.508 e. The van der Waals surface area contributed by atoms with Gasteiger partial charge in [-0.1, -0.05) is 18.2 Å². The van der Waals surface area contributed by atoms with Gasteiger partial charge in [-0.15, -0.1) is 0 Å². The van der Waals surface area contributed by atoms with E-state index in [-0.39, 0.29) is 75.8 Å². The lowest BCUT2D eigenvalue weighted by Crippen LogP contribution is -2.20. The fourth-order valence-electron chi connectivity index (χ4n) is 5.02. The first-order valence-electron chi connectivity index (χ1n) is 12.7. The maximum absolute atomic E-state index is 12.8. The summed E-state index contributed by atoms with van der Waals surface area (Å²) in [5, 5.41) is 40.5. The average molecular weight is 557 g/mol. The van der Waals surface area contributed by atoms with Gasteiger partial charge in [0, 0.05) is 24.3 Å². The quantitative estimate of drug-likeness (QED) is 0.240. The third kappa shape index (κ3) is 4.80. The first-order chi connectivity index (χ1) is 19.7. The number of aromatic hydroxyl groups is 4. The average Bonchev–Trinajstić information content (AvgIpc) is 2.93. The zero-order valence-corrected chi connectivity index (χ0v) is 21.7. The molecule has 0 spiro atoms. The normalized spacial score (nSPS) is 17.6. The highest BCUT2D eigenvalue weighted by molar-refractivity contribution is 6.03. The predicted octanol–water partition coefficient (Wildman–Crippen LogP) is 5.72. The van der Waals surface area contributed by atoms with Gasteiger partial charge >= 0.3 is 0 Å².